The van der Waals surface area contributed by atoms with Gasteiger partial charge in [0.1, 0.15) is 6.10 Å². The van der Waals surface area contributed by atoms with Crippen molar-refractivity contribution in [3.63, 3.8) is 0 Å². The Morgan fingerprint density at radius 1 is 0.966 bits per heavy atom. The van der Waals surface area contributed by atoms with Crippen LogP contribution in [0.1, 0.15) is 32.5 Å². The molecule has 0 aliphatic carbocycles. The highest BCUT2D eigenvalue weighted by atomic mass is 16.5. The van der Waals surface area contributed by atoms with Gasteiger partial charge in [0.2, 0.25) is 5.91 Å². The molecule has 0 saturated carbocycles. The summed E-state index contributed by atoms with van der Waals surface area (Å²) in [4.78, 5) is 34.9. The van der Waals surface area contributed by atoms with E-state index in [4.69, 9.17) is 10.5 Å². The van der Waals surface area contributed by atoms with Crippen LogP contribution in [0, 0.1) is 0 Å². The summed E-state index contributed by atoms with van der Waals surface area (Å²) in [7, 11) is 0. The van der Waals surface area contributed by atoms with Crippen molar-refractivity contribution in [2.75, 3.05) is 19.7 Å². The Bertz CT molecular complexity index is 1020. The van der Waals surface area contributed by atoms with Crippen molar-refractivity contribution >= 4 is 11.8 Å². The quantitative estimate of drug-likeness (QED) is 0.740. The van der Waals surface area contributed by atoms with Crippen LogP contribution in [-0.2, 0) is 4.74 Å². The average Bonchev–Trinajstić information content (AvgIpc) is 2.79. The van der Waals surface area contributed by atoms with Crippen molar-refractivity contribution in [1.29, 1.82) is 0 Å². The molecule has 0 bridgehead atoms. The normalized spacial score (nSPS) is 16.4. The Morgan fingerprint density at radius 3 is 2.41 bits per heavy atom. The first-order valence-corrected chi connectivity index (χ1v) is 9.30. The van der Waals surface area contributed by atoms with Gasteiger partial charge in [-0.05, 0) is 24.3 Å². The fourth-order valence-electron chi connectivity index (χ4n) is 3.36. The van der Waals surface area contributed by atoms with Gasteiger partial charge >= 0.3 is 0 Å². The lowest BCUT2D eigenvalue weighted by molar-refractivity contribution is -0.0246. The van der Waals surface area contributed by atoms with Crippen molar-refractivity contribution in [3.8, 4) is 11.3 Å². The molecule has 1 aliphatic heterocycles. The van der Waals surface area contributed by atoms with Gasteiger partial charge in [-0.2, -0.15) is 0 Å². The van der Waals surface area contributed by atoms with Crippen molar-refractivity contribution in [3.05, 3.63) is 83.8 Å². The first-order valence-electron chi connectivity index (χ1n) is 9.30. The van der Waals surface area contributed by atoms with Crippen molar-refractivity contribution in [1.82, 2.24) is 14.9 Å². The molecule has 2 aromatic carbocycles. The van der Waals surface area contributed by atoms with Gasteiger partial charge in [-0.1, -0.05) is 30.3 Å². The van der Waals surface area contributed by atoms with Gasteiger partial charge in [0, 0.05) is 35.6 Å². The van der Waals surface area contributed by atoms with Gasteiger partial charge in [-0.15, -0.1) is 0 Å². The summed E-state index contributed by atoms with van der Waals surface area (Å²) in [6.45, 7) is 1.33. The minimum atomic E-state index is -0.485. The van der Waals surface area contributed by atoms with Gasteiger partial charge in [0.25, 0.3) is 5.91 Å². The number of ether oxygens (including phenoxy) is 1. The summed E-state index contributed by atoms with van der Waals surface area (Å²) in [5.74, 6) is -0.517. The molecular formula is C22H20N4O3. The number of benzene rings is 2. The molecule has 1 fully saturated rings. The van der Waals surface area contributed by atoms with E-state index in [1.807, 2.05) is 18.2 Å². The second-order valence-electron chi connectivity index (χ2n) is 6.71. The molecule has 1 atom stereocenters. The molecule has 29 heavy (non-hydrogen) atoms. The van der Waals surface area contributed by atoms with Gasteiger partial charge < -0.3 is 15.4 Å². The summed E-state index contributed by atoms with van der Waals surface area (Å²) in [6.07, 6.45) is 2.82. The minimum absolute atomic E-state index is 0.0323. The van der Waals surface area contributed by atoms with Gasteiger partial charge in [-0.25, -0.2) is 0 Å². The van der Waals surface area contributed by atoms with E-state index in [0.717, 1.165) is 5.56 Å². The van der Waals surface area contributed by atoms with E-state index >= 15 is 0 Å². The van der Waals surface area contributed by atoms with Crippen LogP contribution < -0.4 is 5.73 Å². The first-order chi connectivity index (χ1) is 14.1. The molecule has 0 spiro atoms. The molecular weight excluding hydrogens is 368 g/mol. The maximum absolute atomic E-state index is 12.8. The Hall–Kier alpha value is -3.58. The number of carbonyl (C=O) groups is 2. The van der Waals surface area contributed by atoms with Gasteiger partial charge in [0.15, 0.2) is 0 Å². The molecule has 2 heterocycles. The molecule has 7 heteroatoms. The van der Waals surface area contributed by atoms with Crippen LogP contribution in [0.3, 0.4) is 0 Å². The Morgan fingerprint density at radius 2 is 1.69 bits per heavy atom. The van der Waals surface area contributed by atoms with Crippen LogP contribution >= 0.6 is 0 Å². The lowest BCUT2D eigenvalue weighted by Gasteiger charge is -2.33. The summed E-state index contributed by atoms with van der Waals surface area (Å²) in [5.41, 5.74) is 8.50. The second-order valence-corrected chi connectivity index (χ2v) is 6.71. The smallest absolute Gasteiger partial charge is 0.254 e. The summed E-state index contributed by atoms with van der Waals surface area (Å²) >= 11 is 0. The Labute approximate surface area is 168 Å². The lowest BCUT2D eigenvalue weighted by atomic mass is 10.0. The molecule has 146 valence electrons. The third kappa shape index (κ3) is 4.00. The minimum Gasteiger partial charge on any atom is -0.368 e. The predicted octanol–water partition coefficient (Wildman–Crippen LogP) is 2.46. The van der Waals surface area contributed by atoms with E-state index in [1.54, 1.807) is 53.7 Å². The highest BCUT2D eigenvalue weighted by Crippen LogP contribution is 2.29. The summed E-state index contributed by atoms with van der Waals surface area (Å²) in [6, 6.07) is 16.1. The van der Waals surface area contributed by atoms with Crippen LogP contribution in [-0.4, -0.2) is 46.4 Å². The van der Waals surface area contributed by atoms with E-state index < -0.39 is 12.0 Å². The Kier molecular flexibility index (Phi) is 5.31. The summed E-state index contributed by atoms with van der Waals surface area (Å²) < 4.78 is 5.93. The number of aromatic nitrogens is 2. The molecule has 2 N–H and O–H groups in total. The zero-order valence-electron chi connectivity index (χ0n) is 15.7. The highest BCUT2D eigenvalue weighted by molar-refractivity contribution is 5.94. The average molecular weight is 388 g/mol. The molecule has 2 amide bonds. The van der Waals surface area contributed by atoms with E-state index in [2.05, 4.69) is 9.97 Å². The fourth-order valence-corrected chi connectivity index (χ4v) is 3.36. The van der Waals surface area contributed by atoms with Crippen LogP contribution in [0.4, 0.5) is 0 Å². The number of morpholine rings is 1. The number of primary amides is 1. The van der Waals surface area contributed by atoms with Crippen molar-refractivity contribution < 1.29 is 14.3 Å². The van der Waals surface area contributed by atoms with E-state index in [0.29, 0.717) is 42.2 Å². The number of hydrogen-bond acceptors (Lipinski definition) is 5. The predicted molar refractivity (Wildman–Crippen MR) is 107 cm³/mol. The van der Waals surface area contributed by atoms with Gasteiger partial charge in [0.05, 0.1) is 24.5 Å². The maximum Gasteiger partial charge on any atom is 0.254 e. The zero-order valence-corrected chi connectivity index (χ0v) is 15.7. The maximum atomic E-state index is 12.8. The SMILES string of the molecule is NC(=O)c1ccc(-c2nccnc2[C@@H]2CN(C(=O)c3ccccc3)CCO2)cc1. The van der Waals surface area contributed by atoms with Crippen molar-refractivity contribution in [2.24, 2.45) is 5.73 Å². The molecule has 3 aromatic rings. The number of amides is 2. The standard InChI is InChI=1S/C22H20N4O3/c23-21(27)16-8-6-15(7-9-16)19-20(25-11-10-24-19)18-14-26(12-13-29-18)22(28)17-4-2-1-3-5-17/h1-11,18H,12-14H2,(H2,23,27)/t18-/m0/s1. The third-order valence-corrected chi connectivity index (χ3v) is 4.85. The van der Waals surface area contributed by atoms with E-state index in [9.17, 15) is 9.59 Å². The number of hydrogen-bond donors (Lipinski definition) is 1. The molecule has 1 saturated heterocycles. The van der Waals surface area contributed by atoms with Crippen LogP contribution in [0.25, 0.3) is 11.3 Å². The number of carbonyl (C=O) groups excluding carboxylic acids is 2. The topological polar surface area (TPSA) is 98.4 Å². The third-order valence-electron chi connectivity index (χ3n) is 4.85. The molecule has 0 unspecified atom stereocenters. The number of nitrogens with zero attached hydrogens (tertiary/aromatic N) is 3. The van der Waals surface area contributed by atoms with Crippen LogP contribution in [0.2, 0.25) is 0 Å². The number of nitrogens with two attached hydrogens (primary N) is 1. The highest BCUT2D eigenvalue weighted by Gasteiger charge is 2.29. The zero-order chi connectivity index (χ0) is 20.2. The fraction of sp³-hybridized carbons (Fsp3) is 0.182. The Balaban J connectivity index is 1.60. The molecule has 0 radical (unpaired) electrons. The van der Waals surface area contributed by atoms with Crippen LogP contribution in [0.5, 0.6) is 0 Å². The molecule has 7 nitrogen and oxygen atoms in total. The van der Waals surface area contributed by atoms with E-state index in [-0.39, 0.29) is 5.91 Å². The molecule has 1 aliphatic rings. The lowest BCUT2D eigenvalue weighted by Crippen LogP contribution is -2.42. The largest absolute Gasteiger partial charge is 0.368 e. The van der Waals surface area contributed by atoms with Crippen molar-refractivity contribution in [2.45, 2.75) is 6.10 Å². The second kappa shape index (κ2) is 8.20. The summed E-state index contributed by atoms with van der Waals surface area (Å²) in [5, 5.41) is 0. The monoisotopic (exact) mass is 388 g/mol. The first kappa shape index (κ1) is 18.8. The van der Waals surface area contributed by atoms with E-state index in [1.165, 1.54) is 0 Å². The number of rotatable bonds is 4. The molecule has 4 rings (SSSR count). The molecule has 1 aromatic heterocycles. The van der Waals surface area contributed by atoms with Crippen LogP contribution in [0.15, 0.2) is 67.0 Å². The van der Waals surface area contributed by atoms with Gasteiger partial charge in [-0.3, -0.25) is 19.6 Å².